The van der Waals surface area contributed by atoms with Crippen LogP contribution in [0.25, 0.3) is 0 Å². The second-order valence-corrected chi connectivity index (χ2v) is 12.1. The minimum atomic E-state index is -1.04. The van der Waals surface area contributed by atoms with E-state index in [0.29, 0.717) is 23.4 Å². The number of aliphatic hydroxyl groups excluding tert-OH is 1. The number of imide groups is 1. The van der Waals surface area contributed by atoms with Crippen LogP contribution in [-0.2, 0) is 44.1 Å². The molecule has 6 rings (SSSR count). The van der Waals surface area contributed by atoms with E-state index >= 15 is 0 Å². The Kier molecular flexibility index (Phi) is 9.79. The van der Waals surface area contributed by atoms with E-state index in [0.717, 1.165) is 26.7 Å². The lowest BCUT2D eigenvalue weighted by atomic mass is 10.0. The summed E-state index contributed by atoms with van der Waals surface area (Å²) in [4.78, 5) is 44.3. The molecule has 0 radical (unpaired) electrons. The molecule has 46 heavy (non-hydrogen) atoms. The zero-order chi connectivity index (χ0) is 32.0. The number of ether oxygens (including phenoxy) is 3. The Labute approximate surface area is 270 Å². The third-order valence-electron chi connectivity index (χ3n) is 7.84. The minimum absolute atomic E-state index is 0.0441. The van der Waals surface area contributed by atoms with Crippen LogP contribution < -0.4 is 10.2 Å². The van der Waals surface area contributed by atoms with E-state index < -0.39 is 30.2 Å². The second-order valence-electron chi connectivity index (χ2n) is 11.1. The zero-order valence-corrected chi connectivity index (χ0v) is 26.0. The van der Waals surface area contributed by atoms with Crippen molar-refractivity contribution in [3.63, 3.8) is 0 Å². The van der Waals surface area contributed by atoms with E-state index in [1.54, 1.807) is 36.2 Å². The fourth-order valence-electron chi connectivity index (χ4n) is 5.41. The maximum Gasteiger partial charge on any atom is 0.408 e. The Bertz CT molecular complexity index is 1680. The highest BCUT2D eigenvalue weighted by Crippen LogP contribution is 2.40. The van der Waals surface area contributed by atoms with Gasteiger partial charge in [0.2, 0.25) is 5.91 Å². The number of imidazole rings is 1. The van der Waals surface area contributed by atoms with E-state index in [2.05, 4.69) is 10.3 Å². The molecule has 1 aromatic heterocycles. The highest BCUT2D eigenvalue weighted by Gasteiger charge is 2.41. The molecule has 3 heterocycles. The molecule has 4 atom stereocenters. The van der Waals surface area contributed by atoms with Crippen molar-refractivity contribution in [2.24, 2.45) is 7.05 Å². The summed E-state index contributed by atoms with van der Waals surface area (Å²) >= 11 is 1.59. The van der Waals surface area contributed by atoms with Crippen LogP contribution in [-0.4, -0.2) is 50.5 Å². The fraction of sp³-hybridized carbons (Fsp3) is 0.294. The summed E-state index contributed by atoms with van der Waals surface area (Å²) in [7, 11) is 1.94. The van der Waals surface area contributed by atoms with Crippen LogP contribution in [0.5, 0.6) is 0 Å². The van der Waals surface area contributed by atoms with E-state index in [1.807, 2.05) is 78.5 Å². The quantitative estimate of drug-likeness (QED) is 0.185. The Morgan fingerprint density at radius 2 is 1.83 bits per heavy atom. The summed E-state index contributed by atoms with van der Waals surface area (Å²) < 4.78 is 20.1. The van der Waals surface area contributed by atoms with Crippen molar-refractivity contribution < 1.29 is 33.7 Å². The Morgan fingerprint density at radius 1 is 1.02 bits per heavy atom. The SMILES string of the molecule is Cn1ccnc1SCC1CC(c2ccc(CO)cc2)OC(c2cccc(N3C(=O)CC(NC(=O)OCc4ccccc4)C3=O)c2)O1. The van der Waals surface area contributed by atoms with Gasteiger partial charge >= 0.3 is 6.09 Å². The van der Waals surface area contributed by atoms with Gasteiger partial charge in [0.1, 0.15) is 12.6 Å². The zero-order valence-electron chi connectivity index (χ0n) is 25.2. The van der Waals surface area contributed by atoms with Crippen LogP contribution in [0.1, 0.15) is 47.5 Å². The first-order valence-corrected chi connectivity index (χ1v) is 15.9. The lowest BCUT2D eigenvalue weighted by Crippen LogP contribution is -2.42. The summed E-state index contributed by atoms with van der Waals surface area (Å²) in [5, 5.41) is 12.9. The number of aliphatic hydroxyl groups is 1. The van der Waals surface area contributed by atoms with E-state index in [9.17, 15) is 19.5 Å². The normalized spacial score (nSPS) is 21.4. The van der Waals surface area contributed by atoms with Gasteiger partial charge in [-0.1, -0.05) is 78.5 Å². The van der Waals surface area contributed by atoms with Crippen molar-refractivity contribution in [3.8, 4) is 0 Å². The topological polar surface area (TPSA) is 132 Å². The molecule has 3 aromatic carbocycles. The number of aryl methyl sites for hydroxylation is 1. The Balaban J connectivity index is 1.16. The Morgan fingerprint density at radius 3 is 2.57 bits per heavy atom. The molecule has 0 aliphatic carbocycles. The molecular weight excluding hydrogens is 608 g/mol. The van der Waals surface area contributed by atoms with Crippen molar-refractivity contribution in [1.82, 2.24) is 14.9 Å². The summed E-state index contributed by atoms with van der Waals surface area (Å²) in [6, 6.07) is 22.7. The molecule has 2 saturated heterocycles. The number of carbonyl (C=O) groups is 3. The molecule has 2 aliphatic heterocycles. The highest BCUT2D eigenvalue weighted by molar-refractivity contribution is 7.99. The molecule has 0 bridgehead atoms. The van der Waals surface area contributed by atoms with Crippen molar-refractivity contribution >= 4 is 35.4 Å². The van der Waals surface area contributed by atoms with E-state index in [1.165, 1.54) is 0 Å². The van der Waals surface area contributed by atoms with Gasteiger partial charge in [-0.25, -0.2) is 14.7 Å². The molecule has 12 heteroatoms. The maximum atomic E-state index is 13.3. The molecule has 0 saturated carbocycles. The average molecular weight is 643 g/mol. The number of anilines is 1. The van der Waals surface area contributed by atoms with Gasteiger partial charge in [0, 0.05) is 37.2 Å². The number of nitrogens with one attached hydrogen (secondary N) is 1. The van der Waals surface area contributed by atoms with Crippen molar-refractivity contribution in [3.05, 3.63) is 114 Å². The number of benzene rings is 3. The number of aromatic nitrogens is 2. The summed E-state index contributed by atoms with van der Waals surface area (Å²) in [5.74, 6) is -0.352. The third kappa shape index (κ3) is 7.31. The van der Waals surface area contributed by atoms with Gasteiger partial charge in [-0.05, 0) is 28.8 Å². The molecular formula is C34H34N4O7S. The molecule has 2 fully saturated rings. The molecule has 2 N–H and O–H groups in total. The molecule has 4 unspecified atom stereocenters. The fourth-order valence-corrected chi connectivity index (χ4v) is 6.36. The van der Waals surface area contributed by atoms with Gasteiger partial charge in [0.05, 0.1) is 30.9 Å². The number of thioether (sulfide) groups is 1. The average Bonchev–Trinajstić information content (AvgIpc) is 3.63. The number of nitrogens with zero attached hydrogens (tertiary/aromatic N) is 3. The molecule has 3 amide bonds. The maximum absolute atomic E-state index is 13.3. The molecule has 0 spiro atoms. The van der Waals surface area contributed by atoms with Gasteiger partial charge in [-0.3, -0.25) is 9.59 Å². The molecule has 238 valence electrons. The van der Waals surface area contributed by atoms with Crippen molar-refractivity contribution in [2.75, 3.05) is 10.7 Å². The smallest absolute Gasteiger partial charge is 0.408 e. The monoisotopic (exact) mass is 642 g/mol. The molecule has 4 aromatic rings. The number of hydrogen-bond acceptors (Lipinski definition) is 9. The Hall–Kier alpha value is -4.49. The minimum Gasteiger partial charge on any atom is -0.445 e. The van der Waals surface area contributed by atoms with Gasteiger partial charge in [0.15, 0.2) is 11.4 Å². The van der Waals surface area contributed by atoms with E-state index in [4.69, 9.17) is 14.2 Å². The number of hydrogen-bond donors (Lipinski definition) is 2. The van der Waals surface area contributed by atoms with Gasteiger partial charge < -0.3 is 29.2 Å². The third-order valence-corrected chi connectivity index (χ3v) is 9.03. The van der Waals surface area contributed by atoms with Gasteiger partial charge in [-0.15, -0.1) is 0 Å². The number of carbonyl (C=O) groups excluding carboxylic acids is 3. The summed E-state index contributed by atoms with van der Waals surface area (Å²) in [5.41, 5.74) is 3.56. The van der Waals surface area contributed by atoms with E-state index in [-0.39, 0.29) is 31.8 Å². The lowest BCUT2D eigenvalue weighted by Gasteiger charge is -2.36. The summed E-state index contributed by atoms with van der Waals surface area (Å²) in [6.07, 6.45) is 2.01. The standard InChI is InChI=1S/C34H34N4O7S/c1-37-15-14-35-33(37)46-21-27-17-29(24-12-10-22(19-39)11-13-24)45-32(44-27)25-8-5-9-26(16-25)38-30(40)18-28(31(38)41)36-34(42)43-20-23-6-3-2-4-7-23/h2-16,27-29,32,39H,17-21H2,1H3,(H,36,42). The number of amides is 3. The van der Waals surface area contributed by atoms with Crippen LogP contribution in [0.3, 0.4) is 0 Å². The predicted molar refractivity (Wildman–Crippen MR) is 169 cm³/mol. The highest BCUT2D eigenvalue weighted by atomic mass is 32.2. The van der Waals surface area contributed by atoms with Crippen LogP contribution in [0.15, 0.2) is 96.4 Å². The van der Waals surface area contributed by atoms with Crippen LogP contribution in [0.2, 0.25) is 0 Å². The van der Waals surface area contributed by atoms with Crippen molar-refractivity contribution in [1.29, 1.82) is 0 Å². The largest absolute Gasteiger partial charge is 0.445 e. The second kappa shape index (κ2) is 14.3. The van der Waals surface area contributed by atoms with Gasteiger partial charge in [0.25, 0.3) is 5.91 Å². The van der Waals surface area contributed by atoms with Crippen LogP contribution in [0, 0.1) is 0 Å². The summed E-state index contributed by atoms with van der Waals surface area (Å²) in [6.45, 7) is -0.00505. The molecule has 2 aliphatic rings. The van der Waals surface area contributed by atoms with Crippen LogP contribution >= 0.6 is 11.8 Å². The first-order valence-electron chi connectivity index (χ1n) is 14.9. The van der Waals surface area contributed by atoms with Gasteiger partial charge in [-0.2, -0.15) is 0 Å². The number of alkyl carbamates (subject to hydrolysis) is 1. The molecule has 11 nitrogen and oxygen atoms in total. The lowest BCUT2D eigenvalue weighted by molar-refractivity contribution is -0.245. The van der Waals surface area contributed by atoms with Crippen LogP contribution in [0.4, 0.5) is 10.5 Å². The first-order chi connectivity index (χ1) is 22.4. The number of rotatable bonds is 10. The predicted octanol–water partition coefficient (Wildman–Crippen LogP) is 4.81. The van der Waals surface area contributed by atoms with Crippen molar-refractivity contribution in [2.45, 2.75) is 55.8 Å². The first kappa shape index (κ1) is 31.5.